The van der Waals surface area contributed by atoms with Crippen LogP contribution in [-0.2, 0) is 10.0 Å². The number of rotatable bonds is 5. The van der Waals surface area contributed by atoms with Crippen molar-refractivity contribution >= 4 is 45.0 Å². The Morgan fingerprint density at radius 1 is 0.933 bits per heavy atom. The standard InChI is InChI=1S/C19H19Cl2N3O5S/c1-29-17-15(20)10-13(11-16(17)21)19(26)23-22-18(25)12-4-6-14(7-5-12)30(27,28)24-8-2-3-9-24/h4-7,10-11H,2-3,8-9H2,1H3,(H,22,25)(H,23,26). The van der Waals surface area contributed by atoms with Crippen LogP contribution in [0.1, 0.15) is 33.6 Å². The fraction of sp³-hybridized carbons (Fsp3) is 0.263. The molecule has 1 aliphatic heterocycles. The summed E-state index contributed by atoms with van der Waals surface area (Å²) in [7, 11) is -2.16. The van der Waals surface area contributed by atoms with Gasteiger partial charge in [0.1, 0.15) is 0 Å². The number of halogens is 2. The highest BCUT2D eigenvalue weighted by Gasteiger charge is 2.27. The van der Waals surface area contributed by atoms with Gasteiger partial charge >= 0.3 is 0 Å². The number of amides is 2. The van der Waals surface area contributed by atoms with Crippen LogP contribution < -0.4 is 15.6 Å². The molecule has 11 heteroatoms. The second-order valence-electron chi connectivity index (χ2n) is 6.52. The third-order valence-corrected chi connectivity index (χ3v) is 7.05. The number of benzene rings is 2. The molecule has 3 rings (SSSR count). The van der Waals surface area contributed by atoms with Crippen molar-refractivity contribution in [1.82, 2.24) is 15.2 Å². The molecule has 0 saturated carbocycles. The summed E-state index contributed by atoms with van der Waals surface area (Å²) >= 11 is 12.0. The Morgan fingerprint density at radius 2 is 1.43 bits per heavy atom. The maximum Gasteiger partial charge on any atom is 0.269 e. The molecule has 0 spiro atoms. The lowest BCUT2D eigenvalue weighted by Crippen LogP contribution is -2.41. The third-order valence-electron chi connectivity index (χ3n) is 4.57. The van der Waals surface area contributed by atoms with Crippen LogP contribution in [0.15, 0.2) is 41.3 Å². The Balaban J connectivity index is 1.64. The number of nitrogens with one attached hydrogen (secondary N) is 2. The van der Waals surface area contributed by atoms with E-state index in [2.05, 4.69) is 10.9 Å². The molecule has 30 heavy (non-hydrogen) atoms. The number of hydrogen-bond donors (Lipinski definition) is 2. The van der Waals surface area contributed by atoms with Crippen LogP contribution >= 0.6 is 23.2 Å². The molecule has 1 fully saturated rings. The molecule has 1 heterocycles. The average Bonchev–Trinajstić information content (AvgIpc) is 3.27. The van der Waals surface area contributed by atoms with Gasteiger partial charge in [-0.15, -0.1) is 0 Å². The van der Waals surface area contributed by atoms with Crippen molar-refractivity contribution < 1.29 is 22.7 Å². The van der Waals surface area contributed by atoms with Crippen LogP contribution in [0.2, 0.25) is 10.0 Å². The van der Waals surface area contributed by atoms with Gasteiger partial charge in [-0.3, -0.25) is 20.4 Å². The van der Waals surface area contributed by atoms with E-state index in [0.29, 0.717) is 13.1 Å². The zero-order valence-electron chi connectivity index (χ0n) is 15.9. The van der Waals surface area contributed by atoms with E-state index in [9.17, 15) is 18.0 Å². The fourth-order valence-electron chi connectivity index (χ4n) is 3.00. The molecule has 2 aromatic rings. The molecule has 0 unspecified atom stereocenters. The predicted molar refractivity (Wildman–Crippen MR) is 112 cm³/mol. The molecular formula is C19H19Cl2N3O5S. The van der Waals surface area contributed by atoms with Crippen molar-refractivity contribution in [3.8, 4) is 5.75 Å². The van der Waals surface area contributed by atoms with Gasteiger partial charge in [-0.25, -0.2) is 8.42 Å². The van der Waals surface area contributed by atoms with Crippen molar-refractivity contribution in [1.29, 1.82) is 0 Å². The largest absolute Gasteiger partial charge is 0.494 e. The molecule has 160 valence electrons. The summed E-state index contributed by atoms with van der Waals surface area (Å²) in [4.78, 5) is 24.6. The van der Waals surface area contributed by atoms with Gasteiger partial charge in [0.2, 0.25) is 10.0 Å². The fourth-order valence-corrected chi connectivity index (χ4v) is 5.16. The lowest BCUT2D eigenvalue weighted by atomic mass is 10.2. The first-order valence-corrected chi connectivity index (χ1v) is 11.2. The summed E-state index contributed by atoms with van der Waals surface area (Å²) in [6.07, 6.45) is 1.67. The van der Waals surface area contributed by atoms with Crippen molar-refractivity contribution in [2.75, 3.05) is 20.2 Å². The van der Waals surface area contributed by atoms with Gasteiger partial charge in [-0.2, -0.15) is 4.31 Å². The maximum absolute atomic E-state index is 12.5. The molecule has 0 radical (unpaired) electrons. The van der Waals surface area contributed by atoms with E-state index in [1.807, 2.05) is 0 Å². The number of methoxy groups -OCH3 is 1. The van der Waals surface area contributed by atoms with E-state index in [-0.39, 0.29) is 31.8 Å². The number of carbonyl (C=O) groups is 2. The second-order valence-corrected chi connectivity index (χ2v) is 9.27. The Labute approximate surface area is 184 Å². The molecule has 8 nitrogen and oxygen atoms in total. The summed E-state index contributed by atoms with van der Waals surface area (Å²) in [6, 6.07) is 8.20. The number of hydrogen-bond acceptors (Lipinski definition) is 5. The molecule has 2 aromatic carbocycles. The Morgan fingerprint density at radius 3 is 1.93 bits per heavy atom. The van der Waals surface area contributed by atoms with Crippen LogP contribution in [-0.4, -0.2) is 44.7 Å². The highest BCUT2D eigenvalue weighted by molar-refractivity contribution is 7.89. The predicted octanol–water partition coefficient (Wildman–Crippen LogP) is 2.86. The van der Waals surface area contributed by atoms with Gasteiger partial charge in [0.15, 0.2) is 5.75 Å². The van der Waals surface area contributed by atoms with Crippen LogP contribution in [0.5, 0.6) is 5.75 Å². The Kier molecular flexibility index (Phi) is 6.87. The minimum absolute atomic E-state index is 0.118. The highest BCUT2D eigenvalue weighted by Crippen LogP contribution is 2.33. The van der Waals surface area contributed by atoms with Gasteiger partial charge in [0.25, 0.3) is 11.8 Å². The lowest BCUT2D eigenvalue weighted by molar-refractivity contribution is 0.0846. The third kappa shape index (κ3) is 4.70. The quantitative estimate of drug-likeness (QED) is 0.652. The van der Waals surface area contributed by atoms with E-state index >= 15 is 0 Å². The Hall–Kier alpha value is -2.33. The minimum atomic E-state index is -3.56. The maximum atomic E-state index is 12.5. The summed E-state index contributed by atoms with van der Waals surface area (Å²) in [5.74, 6) is -1.01. The van der Waals surface area contributed by atoms with Crippen molar-refractivity contribution in [2.45, 2.75) is 17.7 Å². The smallest absolute Gasteiger partial charge is 0.269 e. The molecule has 1 saturated heterocycles. The lowest BCUT2D eigenvalue weighted by Gasteiger charge is -2.15. The van der Waals surface area contributed by atoms with Crippen LogP contribution in [0.4, 0.5) is 0 Å². The van der Waals surface area contributed by atoms with Crippen LogP contribution in [0.25, 0.3) is 0 Å². The topological polar surface area (TPSA) is 105 Å². The molecule has 1 aliphatic rings. The second kappa shape index (κ2) is 9.22. The van der Waals surface area contributed by atoms with Gasteiger partial charge < -0.3 is 4.74 Å². The van der Waals surface area contributed by atoms with Crippen molar-refractivity contribution in [3.63, 3.8) is 0 Å². The van der Waals surface area contributed by atoms with Crippen LogP contribution in [0, 0.1) is 0 Å². The van der Waals surface area contributed by atoms with Gasteiger partial charge in [0.05, 0.1) is 22.1 Å². The average molecular weight is 472 g/mol. The van der Waals surface area contributed by atoms with E-state index < -0.39 is 21.8 Å². The SMILES string of the molecule is COc1c(Cl)cc(C(=O)NNC(=O)c2ccc(S(=O)(=O)N3CCCC3)cc2)cc1Cl. The van der Waals surface area contributed by atoms with Gasteiger partial charge in [-0.1, -0.05) is 23.2 Å². The summed E-state index contributed by atoms with van der Waals surface area (Å²) < 4.78 is 31.5. The van der Waals surface area contributed by atoms with E-state index in [4.69, 9.17) is 27.9 Å². The zero-order chi connectivity index (χ0) is 21.9. The molecular weight excluding hydrogens is 453 g/mol. The number of nitrogens with zero attached hydrogens (tertiary/aromatic N) is 1. The van der Waals surface area contributed by atoms with Gasteiger partial charge in [-0.05, 0) is 49.2 Å². The number of sulfonamides is 1. The summed E-state index contributed by atoms with van der Waals surface area (Å²) in [5, 5.41) is 0.299. The minimum Gasteiger partial charge on any atom is -0.494 e. The van der Waals surface area contributed by atoms with E-state index in [1.54, 1.807) is 0 Å². The number of hydrazine groups is 1. The first-order valence-electron chi connectivity index (χ1n) is 8.98. The Bertz CT molecular complexity index is 1050. The summed E-state index contributed by atoms with van der Waals surface area (Å²) in [6.45, 7) is 0.992. The number of ether oxygens (including phenoxy) is 1. The van der Waals surface area contributed by atoms with Gasteiger partial charge in [0, 0.05) is 24.2 Å². The molecule has 0 atom stereocenters. The zero-order valence-corrected chi connectivity index (χ0v) is 18.3. The van der Waals surface area contributed by atoms with Crippen LogP contribution in [0.3, 0.4) is 0 Å². The molecule has 2 amide bonds. The molecule has 0 aromatic heterocycles. The van der Waals surface area contributed by atoms with Crippen molar-refractivity contribution in [3.05, 3.63) is 57.6 Å². The molecule has 0 bridgehead atoms. The van der Waals surface area contributed by atoms with E-state index in [1.165, 1.54) is 47.8 Å². The first kappa shape index (κ1) is 22.4. The van der Waals surface area contributed by atoms with Crippen molar-refractivity contribution in [2.24, 2.45) is 0 Å². The monoisotopic (exact) mass is 471 g/mol. The summed E-state index contributed by atoms with van der Waals surface area (Å²) in [5.41, 5.74) is 4.82. The first-order chi connectivity index (χ1) is 14.2. The number of carbonyl (C=O) groups excluding carboxylic acids is 2. The van der Waals surface area contributed by atoms with E-state index in [0.717, 1.165) is 12.8 Å². The molecule has 0 aliphatic carbocycles. The highest BCUT2D eigenvalue weighted by atomic mass is 35.5. The molecule has 2 N–H and O–H groups in total. The normalized spacial score (nSPS) is 14.4.